The van der Waals surface area contributed by atoms with E-state index in [1.165, 1.54) is 0 Å². The summed E-state index contributed by atoms with van der Waals surface area (Å²) < 4.78 is 1.84. The number of carbonyl (C=O) groups excluding carboxylic acids is 1. The van der Waals surface area contributed by atoms with E-state index in [0.29, 0.717) is 16.1 Å². The molecule has 0 saturated heterocycles. The van der Waals surface area contributed by atoms with Gasteiger partial charge in [-0.05, 0) is 54.3 Å². The fourth-order valence-corrected chi connectivity index (χ4v) is 3.52. The van der Waals surface area contributed by atoms with Crippen molar-refractivity contribution in [3.05, 3.63) is 81.4 Å². The van der Waals surface area contributed by atoms with Crippen molar-refractivity contribution in [2.24, 2.45) is 7.05 Å². The minimum Gasteiger partial charge on any atom is -0.344 e. The highest BCUT2D eigenvalue weighted by molar-refractivity contribution is 6.31. The summed E-state index contributed by atoms with van der Waals surface area (Å²) in [7, 11) is 1.85. The third-order valence-electron chi connectivity index (χ3n) is 4.89. The van der Waals surface area contributed by atoms with E-state index in [0.717, 1.165) is 21.9 Å². The molecule has 2 aromatic carbocycles. The number of hydrogen-bond acceptors (Lipinski definition) is 2. The van der Waals surface area contributed by atoms with Gasteiger partial charge in [0.15, 0.2) is 0 Å². The lowest BCUT2D eigenvalue weighted by Gasteiger charge is -2.15. The topological polar surface area (TPSA) is 66.9 Å². The van der Waals surface area contributed by atoms with Crippen molar-refractivity contribution < 1.29 is 4.79 Å². The van der Waals surface area contributed by atoms with Crippen LogP contribution in [0.5, 0.6) is 0 Å². The monoisotopic (exact) mass is 379 g/mol. The SMILES string of the molecule is CC(NC(=O)c1cc2ccc(Cl)cc2n1C)c1ccc2c(=O)[nH]ccc2c1. The summed E-state index contributed by atoms with van der Waals surface area (Å²) in [5.41, 5.74) is 2.29. The van der Waals surface area contributed by atoms with Gasteiger partial charge in [0.1, 0.15) is 5.69 Å². The molecule has 0 saturated carbocycles. The second-order valence-electron chi connectivity index (χ2n) is 6.64. The molecule has 1 atom stereocenters. The van der Waals surface area contributed by atoms with Gasteiger partial charge in [-0.25, -0.2) is 0 Å². The lowest BCUT2D eigenvalue weighted by atomic mass is 10.0. The van der Waals surface area contributed by atoms with E-state index in [9.17, 15) is 9.59 Å². The number of nitrogens with zero attached hydrogens (tertiary/aromatic N) is 1. The van der Waals surface area contributed by atoms with Crippen LogP contribution in [0.3, 0.4) is 0 Å². The Bertz CT molecular complexity index is 1240. The molecule has 2 heterocycles. The molecule has 0 radical (unpaired) electrons. The van der Waals surface area contributed by atoms with Crippen LogP contribution in [-0.4, -0.2) is 15.5 Å². The second kappa shape index (κ2) is 6.59. The second-order valence-corrected chi connectivity index (χ2v) is 7.08. The number of aromatic amines is 1. The van der Waals surface area contributed by atoms with Crippen molar-refractivity contribution in [3.8, 4) is 0 Å². The molecule has 1 unspecified atom stereocenters. The fraction of sp³-hybridized carbons (Fsp3) is 0.143. The molecule has 136 valence electrons. The largest absolute Gasteiger partial charge is 0.344 e. The van der Waals surface area contributed by atoms with Gasteiger partial charge in [0.05, 0.1) is 6.04 Å². The number of carbonyl (C=O) groups is 1. The Morgan fingerprint density at radius 3 is 2.74 bits per heavy atom. The zero-order valence-electron chi connectivity index (χ0n) is 14.9. The zero-order chi connectivity index (χ0) is 19.1. The molecule has 0 aliphatic carbocycles. The Balaban J connectivity index is 1.63. The summed E-state index contributed by atoms with van der Waals surface area (Å²) in [4.78, 5) is 27.3. The molecule has 0 fully saturated rings. The summed E-state index contributed by atoms with van der Waals surface area (Å²) in [5.74, 6) is -0.164. The molecule has 0 aliphatic rings. The lowest BCUT2D eigenvalue weighted by Crippen LogP contribution is -2.28. The standard InChI is InChI=1S/C21H18ClN3O2/c1-12(13-4-6-17-14(9-13)7-8-23-20(17)26)24-21(27)19-10-15-3-5-16(22)11-18(15)25(19)2/h3-12H,1-2H3,(H,23,26)(H,24,27). The highest BCUT2D eigenvalue weighted by Crippen LogP contribution is 2.24. The quantitative estimate of drug-likeness (QED) is 0.561. The van der Waals surface area contributed by atoms with E-state index in [-0.39, 0.29) is 17.5 Å². The number of benzene rings is 2. The number of amides is 1. The van der Waals surface area contributed by atoms with E-state index in [1.807, 2.05) is 61.0 Å². The summed E-state index contributed by atoms with van der Waals surface area (Å²) in [5, 5.41) is 6.10. The minimum atomic E-state index is -0.206. The number of halogens is 1. The Morgan fingerprint density at radius 1 is 1.11 bits per heavy atom. The fourth-order valence-electron chi connectivity index (χ4n) is 3.36. The first-order valence-corrected chi connectivity index (χ1v) is 8.99. The number of H-pyrrole nitrogens is 1. The van der Waals surface area contributed by atoms with E-state index >= 15 is 0 Å². The number of rotatable bonds is 3. The van der Waals surface area contributed by atoms with Crippen LogP contribution in [0.25, 0.3) is 21.7 Å². The molecular weight excluding hydrogens is 362 g/mol. The van der Waals surface area contributed by atoms with Gasteiger partial charge in [-0.15, -0.1) is 0 Å². The zero-order valence-corrected chi connectivity index (χ0v) is 15.7. The molecule has 0 bridgehead atoms. The average Bonchev–Trinajstić information content (AvgIpc) is 2.98. The van der Waals surface area contributed by atoms with Gasteiger partial charge < -0.3 is 14.9 Å². The molecule has 27 heavy (non-hydrogen) atoms. The molecule has 5 nitrogen and oxygen atoms in total. The van der Waals surface area contributed by atoms with E-state index in [1.54, 1.807) is 12.3 Å². The highest BCUT2D eigenvalue weighted by Gasteiger charge is 2.17. The Labute approximate surface area is 160 Å². The van der Waals surface area contributed by atoms with E-state index in [2.05, 4.69) is 10.3 Å². The molecule has 4 rings (SSSR count). The molecule has 0 aliphatic heterocycles. The Hall–Kier alpha value is -3.05. The third kappa shape index (κ3) is 3.11. The maximum atomic E-state index is 12.8. The van der Waals surface area contributed by atoms with Crippen molar-refractivity contribution in [1.82, 2.24) is 14.9 Å². The van der Waals surface area contributed by atoms with Crippen molar-refractivity contribution in [3.63, 3.8) is 0 Å². The molecule has 0 spiro atoms. The van der Waals surface area contributed by atoms with Crippen LogP contribution in [0, 0.1) is 0 Å². The van der Waals surface area contributed by atoms with Crippen molar-refractivity contribution in [1.29, 1.82) is 0 Å². The number of hydrogen-bond donors (Lipinski definition) is 2. The first-order valence-electron chi connectivity index (χ1n) is 8.61. The predicted molar refractivity (Wildman–Crippen MR) is 108 cm³/mol. The summed E-state index contributed by atoms with van der Waals surface area (Å²) in [6.45, 7) is 1.92. The van der Waals surface area contributed by atoms with Crippen LogP contribution in [-0.2, 0) is 7.05 Å². The average molecular weight is 380 g/mol. The first-order chi connectivity index (χ1) is 12.9. The highest BCUT2D eigenvalue weighted by atomic mass is 35.5. The van der Waals surface area contributed by atoms with Crippen LogP contribution in [0.4, 0.5) is 0 Å². The maximum absolute atomic E-state index is 12.8. The molecular formula is C21H18ClN3O2. The first kappa shape index (κ1) is 17.4. The normalized spacial score (nSPS) is 12.4. The summed E-state index contributed by atoms with van der Waals surface area (Å²) in [6, 6.07) is 14.6. The smallest absolute Gasteiger partial charge is 0.268 e. The van der Waals surface area contributed by atoms with Crippen molar-refractivity contribution in [2.75, 3.05) is 0 Å². The van der Waals surface area contributed by atoms with E-state index in [4.69, 9.17) is 11.6 Å². The van der Waals surface area contributed by atoms with Gasteiger partial charge in [0.25, 0.3) is 11.5 Å². The van der Waals surface area contributed by atoms with Crippen LogP contribution in [0.2, 0.25) is 5.02 Å². The Morgan fingerprint density at radius 2 is 1.93 bits per heavy atom. The van der Waals surface area contributed by atoms with Gasteiger partial charge in [0.2, 0.25) is 0 Å². The molecule has 4 aromatic rings. The molecule has 2 aromatic heterocycles. The maximum Gasteiger partial charge on any atom is 0.268 e. The number of aromatic nitrogens is 2. The van der Waals surface area contributed by atoms with Gasteiger partial charge in [-0.2, -0.15) is 0 Å². The third-order valence-corrected chi connectivity index (χ3v) is 5.12. The number of aryl methyl sites for hydroxylation is 1. The van der Waals surface area contributed by atoms with Crippen LogP contribution < -0.4 is 10.9 Å². The number of nitrogens with one attached hydrogen (secondary N) is 2. The van der Waals surface area contributed by atoms with Crippen LogP contribution in [0.1, 0.15) is 29.0 Å². The van der Waals surface area contributed by atoms with Crippen molar-refractivity contribution >= 4 is 39.2 Å². The summed E-state index contributed by atoms with van der Waals surface area (Å²) in [6.07, 6.45) is 1.62. The minimum absolute atomic E-state index is 0.120. The van der Waals surface area contributed by atoms with Gasteiger partial charge in [-0.3, -0.25) is 9.59 Å². The van der Waals surface area contributed by atoms with Crippen LogP contribution in [0.15, 0.2) is 59.5 Å². The van der Waals surface area contributed by atoms with Gasteiger partial charge >= 0.3 is 0 Å². The molecule has 1 amide bonds. The van der Waals surface area contributed by atoms with Gasteiger partial charge in [-0.1, -0.05) is 23.7 Å². The number of pyridine rings is 1. The van der Waals surface area contributed by atoms with Crippen LogP contribution >= 0.6 is 11.6 Å². The van der Waals surface area contributed by atoms with Crippen molar-refractivity contribution in [2.45, 2.75) is 13.0 Å². The molecule has 6 heteroatoms. The van der Waals surface area contributed by atoms with E-state index < -0.39 is 0 Å². The summed E-state index contributed by atoms with van der Waals surface area (Å²) >= 11 is 6.06. The predicted octanol–water partition coefficient (Wildman–Crippen LogP) is 4.16. The molecule has 2 N–H and O–H groups in total. The van der Waals surface area contributed by atoms with Gasteiger partial charge in [0, 0.05) is 34.6 Å². The lowest BCUT2D eigenvalue weighted by molar-refractivity contribution is 0.0932. The number of fused-ring (bicyclic) bond motifs is 2. The Kier molecular flexibility index (Phi) is 4.24.